The molecule has 4 rings (SSSR count). The third kappa shape index (κ3) is 3.26. The van der Waals surface area contributed by atoms with E-state index in [9.17, 15) is 0 Å². The third-order valence-corrected chi connectivity index (χ3v) is 7.25. The van der Waals surface area contributed by atoms with Crippen molar-refractivity contribution in [1.29, 1.82) is 0 Å². The van der Waals surface area contributed by atoms with E-state index in [1.165, 1.54) is 94.4 Å². The molecule has 1 aliphatic heterocycles. The van der Waals surface area contributed by atoms with Crippen LogP contribution < -0.4 is 0 Å². The molecular formula is C19H30N2S. The zero-order chi connectivity index (χ0) is 14.8. The van der Waals surface area contributed by atoms with Crippen molar-refractivity contribution in [3.05, 3.63) is 16.1 Å². The standard InChI is InChI=1S/C19H30N2S/c1-3-7-15(8-4-1)18-14-22-19(20-18)16-9-10-17(13-16)21-11-5-2-6-12-21/h14-17H,1-13H2. The van der Waals surface area contributed by atoms with Crippen LogP contribution in [0.1, 0.15) is 93.2 Å². The molecule has 0 aromatic carbocycles. The zero-order valence-electron chi connectivity index (χ0n) is 13.8. The highest BCUT2D eigenvalue weighted by Crippen LogP contribution is 2.41. The summed E-state index contributed by atoms with van der Waals surface area (Å²) in [5, 5.41) is 3.85. The maximum Gasteiger partial charge on any atom is 0.0959 e. The van der Waals surface area contributed by atoms with Crippen LogP contribution in [0.25, 0.3) is 0 Å². The molecule has 0 radical (unpaired) electrons. The van der Waals surface area contributed by atoms with E-state index in [2.05, 4.69) is 10.3 Å². The SMILES string of the molecule is c1sc(C2CCC(N3CCCCC3)C2)nc1C1CCCCC1. The van der Waals surface area contributed by atoms with Crippen molar-refractivity contribution in [1.82, 2.24) is 9.88 Å². The average molecular weight is 319 g/mol. The van der Waals surface area contributed by atoms with Gasteiger partial charge in [0.15, 0.2) is 0 Å². The normalized spacial score (nSPS) is 31.6. The Labute approximate surface area is 139 Å². The van der Waals surface area contributed by atoms with Crippen molar-refractivity contribution in [3.63, 3.8) is 0 Å². The molecule has 2 aliphatic carbocycles. The summed E-state index contributed by atoms with van der Waals surface area (Å²) in [6.07, 6.45) is 15.5. The quantitative estimate of drug-likeness (QED) is 0.750. The first kappa shape index (κ1) is 15.1. The Morgan fingerprint density at radius 1 is 0.864 bits per heavy atom. The van der Waals surface area contributed by atoms with Gasteiger partial charge in [-0.2, -0.15) is 0 Å². The number of hydrogen-bond acceptors (Lipinski definition) is 3. The molecule has 2 unspecified atom stereocenters. The second kappa shape index (κ2) is 7.00. The van der Waals surface area contributed by atoms with E-state index in [0.717, 1.165) is 17.9 Å². The van der Waals surface area contributed by atoms with Gasteiger partial charge in [0.1, 0.15) is 0 Å². The van der Waals surface area contributed by atoms with E-state index in [4.69, 9.17) is 4.98 Å². The first-order valence-electron chi connectivity index (χ1n) is 9.59. The molecule has 3 fully saturated rings. The lowest BCUT2D eigenvalue weighted by atomic mass is 9.87. The van der Waals surface area contributed by atoms with Gasteiger partial charge in [0.25, 0.3) is 0 Å². The molecule has 2 saturated carbocycles. The molecule has 22 heavy (non-hydrogen) atoms. The lowest BCUT2D eigenvalue weighted by Gasteiger charge is -2.32. The maximum atomic E-state index is 5.10. The summed E-state index contributed by atoms with van der Waals surface area (Å²) in [5.74, 6) is 1.53. The molecule has 0 amide bonds. The first-order chi connectivity index (χ1) is 10.9. The minimum Gasteiger partial charge on any atom is -0.300 e. The Hall–Kier alpha value is -0.410. The number of rotatable bonds is 3. The number of hydrogen-bond donors (Lipinski definition) is 0. The highest BCUT2D eigenvalue weighted by atomic mass is 32.1. The van der Waals surface area contributed by atoms with Gasteiger partial charge in [-0.25, -0.2) is 4.98 Å². The largest absolute Gasteiger partial charge is 0.300 e. The fourth-order valence-electron chi connectivity index (χ4n) is 4.87. The number of piperidine rings is 1. The number of aromatic nitrogens is 1. The van der Waals surface area contributed by atoms with E-state index in [1.54, 1.807) is 0 Å². The summed E-state index contributed by atoms with van der Waals surface area (Å²) < 4.78 is 0. The molecule has 2 atom stereocenters. The molecule has 1 aromatic heterocycles. The second-order valence-corrected chi connectivity index (χ2v) is 8.60. The van der Waals surface area contributed by atoms with E-state index in [-0.39, 0.29) is 0 Å². The molecular weight excluding hydrogens is 288 g/mol. The van der Waals surface area contributed by atoms with Crippen LogP contribution in [0.2, 0.25) is 0 Å². The van der Waals surface area contributed by atoms with Crippen molar-refractivity contribution in [2.75, 3.05) is 13.1 Å². The van der Waals surface area contributed by atoms with Gasteiger partial charge in [0.05, 0.1) is 10.7 Å². The number of likely N-dealkylation sites (tertiary alicyclic amines) is 1. The molecule has 3 aliphatic rings. The summed E-state index contributed by atoms with van der Waals surface area (Å²) in [6.45, 7) is 2.70. The molecule has 1 saturated heterocycles. The molecule has 2 nitrogen and oxygen atoms in total. The number of nitrogens with zero attached hydrogens (tertiary/aromatic N) is 2. The number of thiazole rings is 1. The van der Waals surface area contributed by atoms with Gasteiger partial charge in [-0.05, 0) is 58.0 Å². The van der Waals surface area contributed by atoms with Crippen LogP contribution in [0.15, 0.2) is 5.38 Å². The van der Waals surface area contributed by atoms with Crippen LogP contribution in [-0.2, 0) is 0 Å². The lowest BCUT2D eigenvalue weighted by molar-refractivity contribution is 0.164. The predicted molar refractivity (Wildman–Crippen MR) is 93.7 cm³/mol. The van der Waals surface area contributed by atoms with E-state index < -0.39 is 0 Å². The van der Waals surface area contributed by atoms with E-state index >= 15 is 0 Å². The molecule has 0 N–H and O–H groups in total. The van der Waals surface area contributed by atoms with Crippen molar-refractivity contribution in [2.45, 2.75) is 88.5 Å². The van der Waals surface area contributed by atoms with Crippen LogP contribution in [-0.4, -0.2) is 29.0 Å². The van der Waals surface area contributed by atoms with E-state index in [1.807, 2.05) is 11.3 Å². The van der Waals surface area contributed by atoms with E-state index in [0.29, 0.717) is 0 Å². The summed E-state index contributed by atoms with van der Waals surface area (Å²) in [6, 6.07) is 0.854. The Morgan fingerprint density at radius 2 is 1.64 bits per heavy atom. The van der Waals surface area contributed by atoms with Crippen molar-refractivity contribution in [3.8, 4) is 0 Å². The highest BCUT2D eigenvalue weighted by Gasteiger charge is 2.32. The maximum absolute atomic E-state index is 5.10. The zero-order valence-corrected chi connectivity index (χ0v) is 14.6. The van der Waals surface area contributed by atoms with Gasteiger partial charge in [-0.15, -0.1) is 11.3 Å². The lowest BCUT2D eigenvalue weighted by Crippen LogP contribution is -2.37. The smallest absolute Gasteiger partial charge is 0.0959 e. The van der Waals surface area contributed by atoms with Crippen LogP contribution >= 0.6 is 11.3 Å². The molecule has 2 heterocycles. The van der Waals surface area contributed by atoms with Crippen LogP contribution in [0.4, 0.5) is 0 Å². The Kier molecular flexibility index (Phi) is 4.82. The van der Waals surface area contributed by atoms with Crippen LogP contribution in [0.3, 0.4) is 0 Å². The van der Waals surface area contributed by atoms with Crippen LogP contribution in [0, 0.1) is 0 Å². The molecule has 0 spiro atoms. The van der Waals surface area contributed by atoms with Gasteiger partial charge in [-0.1, -0.05) is 25.7 Å². The minimum absolute atomic E-state index is 0.759. The van der Waals surface area contributed by atoms with Gasteiger partial charge in [0.2, 0.25) is 0 Å². The van der Waals surface area contributed by atoms with Crippen molar-refractivity contribution in [2.24, 2.45) is 0 Å². The Balaban J connectivity index is 1.37. The summed E-state index contributed by atoms with van der Waals surface area (Å²) in [7, 11) is 0. The average Bonchev–Trinajstić information content (AvgIpc) is 3.26. The summed E-state index contributed by atoms with van der Waals surface area (Å²) >= 11 is 1.96. The van der Waals surface area contributed by atoms with Gasteiger partial charge in [-0.3, -0.25) is 0 Å². The van der Waals surface area contributed by atoms with Crippen LogP contribution in [0.5, 0.6) is 0 Å². The first-order valence-corrected chi connectivity index (χ1v) is 10.5. The third-order valence-electron chi connectivity index (χ3n) is 6.22. The second-order valence-electron chi connectivity index (χ2n) is 7.71. The molecule has 122 valence electrons. The van der Waals surface area contributed by atoms with Gasteiger partial charge in [0, 0.05) is 23.3 Å². The van der Waals surface area contributed by atoms with Crippen molar-refractivity contribution >= 4 is 11.3 Å². The van der Waals surface area contributed by atoms with Gasteiger partial charge >= 0.3 is 0 Å². The topological polar surface area (TPSA) is 16.1 Å². The van der Waals surface area contributed by atoms with Crippen molar-refractivity contribution < 1.29 is 0 Å². The summed E-state index contributed by atoms with van der Waals surface area (Å²) in [5.41, 5.74) is 1.43. The highest BCUT2D eigenvalue weighted by molar-refractivity contribution is 7.09. The fourth-order valence-corrected chi connectivity index (χ4v) is 5.92. The Morgan fingerprint density at radius 3 is 2.45 bits per heavy atom. The minimum atomic E-state index is 0.759. The molecule has 0 bridgehead atoms. The molecule has 3 heteroatoms. The molecule has 1 aromatic rings. The monoisotopic (exact) mass is 318 g/mol. The summed E-state index contributed by atoms with van der Waals surface area (Å²) in [4.78, 5) is 7.87. The van der Waals surface area contributed by atoms with Gasteiger partial charge < -0.3 is 4.90 Å². The predicted octanol–water partition coefficient (Wildman–Crippen LogP) is 5.31. The Bertz CT molecular complexity index is 472. The fraction of sp³-hybridized carbons (Fsp3) is 0.842.